The maximum atomic E-state index is 11.7. The van der Waals surface area contributed by atoms with Crippen molar-refractivity contribution in [1.82, 2.24) is 0 Å². The molecule has 0 bridgehead atoms. The molecule has 2 aromatic rings. The third kappa shape index (κ3) is 4.20. The number of hydrogen-bond donors (Lipinski definition) is 0. The highest BCUT2D eigenvalue weighted by Crippen LogP contribution is 2.21. The first-order valence-corrected chi connectivity index (χ1v) is 6.67. The van der Waals surface area contributed by atoms with Crippen molar-refractivity contribution in [3.8, 4) is 11.5 Å². The van der Waals surface area contributed by atoms with Crippen LogP contribution in [-0.4, -0.2) is 17.5 Å². The maximum absolute atomic E-state index is 11.7. The third-order valence-electron chi connectivity index (χ3n) is 2.77. The molecular weight excluding hydrogens is 310 g/mol. The van der Waals surface area contributed by atoms with Crippen LogP contribution in [0.2, 0.25) is 5.02 Å². The number of aryl methyl sites for hydroxylation is 1. The summed E-state index contributed by atoms with van der Waals surface area (Å²) in [7, 11) is 0. The molecule has 0 radical (unpaired) electrons. The van der Waals surface area contributed by atoms with E-state index < -0.39 is 10.9 Å². The summed E-state index contributed by atoms with van der Waals surface area (Å²) in [6, 6.07) is 10.3. The van der Waals surface area contributed by atoms with Crippen LogP contribution in [0.3, 0.4) is 0 Å². The minimum Gasteiger partial charge on any atom is -0.482 e. The number of carbonyl (C=O) groups excluding carboxylic acids is 1. The van der Waals surface area contributed by atoms with Gasteiger partial charge in [-0.05, 0) is 42.8 Å². The number of carbonyl (C=O) groups is 1. The van der Waals surface area contributed by atoms with E-state index in [1.807, 2.05) is 0 Å². The summed E-state index contributed by atoms with van der Waals surface area (Å²) in [6.45, 7) is 1.49. The number of ether oxygens (including phenoxy) is 2. The quantitative estimate of drug-likeness (QED) is 0.364. The van der Waals surface area contributed by atoms with E-state index in [4.69, 9.17) is 21.1 Å². The Morgan fingerprint density at radius 2 is 1.82 bits per heavy atom. The molecule has 0 aliphatic heterocycles. The SMILES string of the molecule is Cc1cc(OC(=O)COc2ccc([N+](=O)[O-])cc2)ccc1Cl. The molecular formula is C15H12ClNO5. The average Bonchev–Trinajstić information content (AvgIpc) is 2.49. The molecule has 0 spiro atoms. The Balaban J connectivity index is 1.89. The van der Waals surface area contributed by atoms with Gasteiger partial charge in [0.2, 0.25) is 0 Å². The molecule has 0 aromatic heterocycles. The van der Waals surface area contributed by atoms with Crippen LogP contribution in [0.5, 0.6) is 11.5 Å². The first-order valence-electron chi connectivity index (χ1n) is 6.30. The Bertz CT molecular complexity index is 700. The van der Waals surface area contributed by atoms with Crippen LogP contribution in [0.25, 0.3) is 0 Å². The van der Waals surface area contributed by atoms with E-state index in [1.165, 1.54) is 24.3 Å². The normalized spacial score (nSPS) is 10.1. The van der Waals surface area contributed by atoms with Crippen LogP contribution in [-0.2, 0) is 4.79 Å². The predicted octanol–water partition coefficient (Wildman–Crippen LogP) is 3.54. The van der Waals surface area contributed by atoms with Crippen molar-refractivity contribution in [1.29, 1.82) is 0 Å². The van der Waals surface area contributed by atoms with E-state index in [-0.39, 0.29) is 12.3 Å². The topological polar surface area (TPSA) is 78.7 Å². The zero-order valence-electron chi connectivity index (χ0n) is 11.6. The number of rotatable bonds is 5. The van der Waals surface area contributed by atoms with Gasteiger partial charge in [-0.2, -0.15) is 0 Å². The number of nitro benzene ring substituents is 1. The van der Waals surface area contributed by atoms with Crippen molar-refractivity contribution in [3.63, 3.8) is 0 Å². The minimum atomic E-state index is -0.583. The lowest BCUT2D eigenvalue weighted by molar-refractivity contribution is -0.384. The lowest BCUT2D eigenvalue weighted by Crippen LogP contribution is -2.17. The van der Waals surface area contributed by atoms with Crippen molar-refractivity contribution in [3.05, 3.63) is 63.2 Å². The second-order valence-electron chi connectivity index (χ2n) is 4.42. The zero-order chi connectivity index (χ0) is 16.1. The fourth-order valence-corrected chi connectivity index (χ4v) is 1.77. The molecule has 0 fully saturated rings. The first kappa shape index (κ1) is 15.8. The van der Waals surface area contributed by atoms with Crippen molar-refractivity contribution in [2.75, 3.05) is 6.61 Å². The summed E-state index contributed by atoms with van der Waals surface area (Å²) in [5.74, 6) is 0.133. The number of esters is 1. The van der Waals surface area contributed by atoms with Crippen LogP contribution in [0.1, 0.15) is 5.56 Å². The van der Waals surface area contributed by atoms with Crippen LogP contribution in [0, 0.1) is 17.0 Å². The molecule has 0 unspecified atom stereocenters. The second-order valence-corrected chi connectivity index (χ2v) is 4.83. The van der Waals surface area contributed by atoms with E-state index in [0.29, 0.717) is 16.5 Å². The van der Waals surface area contributed by atoms with Gasteiger partial charge in [-0.25, -0.2) is 4.79 Å². The summed E-state index contributed by atoms with van der Waals surface area (Å²) in [6.07, 6.45) is 0. The summed E-state index contributed by atoms with van der Waals surface area (Å²) in [5, 5.41) is 11.1. The molecule has 22 heavy (non-hydrogen) atoms. The number of benzene rings is 2. The molecule has 6 nitrogen and oxygen atoms in total. The highest BCUT2D eigenvalue weighted by atomic mass is 35.5. The number of non-ortho nitro benzene ring substituents is 1. The molecule has 0 saturated carbocycles. The van der Waals surface area contributed by atoms with Gasteiger partial charge < -0.3 is 9.47 Å². The molecule has 0 atom stereocenters. The maximum Gasteiger partial charge on any atom is 0.349 e. The third-order valence-corrected chi connectivity index (χ3v) is 3.19. The van der Waals surface area contributed by atoms with Crippen LogP contribution >= 0.6 is 11.6 Å². The lowest BCUT2D eigenvalue weighted by atomic mass is 10.2. The highest BCUT2D eigenvalue weighted by Gasteiger charge is 2.09. The summed E-state index contributed by atoms with van der Waals surface area (Å²) in [4.78, 5) is 21.7. The van der Waals surface area contributed by atoms with Crippen LogP contribution in [0.15, 0.2) is 42.5 Å². The molecule has 2 aromatic carbocycles. The van der Waals surface area contributed by atoms with E-state index in [0.717, 1.165) is 5.56 Å². The van der Waals surface area contributed by atoms with Crippen molar-refractivity contribution < 1.29 is 19.2 Å². The summed E-state index contributed by atoms with van der Waals surface area (Å²) in [5.41, 5.74) is 0.745. The molecule has 0 aliphatic rings. The van der Waals surface area contributed by atoms with E-state index in [1.54, 1.807) is 25.1 Å². The van der Waals surface area contributed by atoms with Gasteiger partial charge in [0.15, 0.2) is 6.61 Å². The van der Waals surface area contributed by atoms with E-state index >= 15 is 0 Å². The summed E-state index contributed by atoms with van der Waals surface area (Å²) < 4.78 is 10.3. The number of nitro groups is 1. The standard InChI is InChI=1S/C15H12ClNO5/c1-10-8-13(6-7-14(10)16)22-15(18)9-21-12-4-2-11(3-5-12)17(19)20/h2-8H,9H2,1H3. The van der Waals surface area contributed by atoms with Gasteiger partial charge in [0.25, 0.3) is 5.69 Å². The monoisotopic (exact) mass is 321 g/mol. The number of halogens is 1. The Hall–Kier alpha value is -2.60. The van der Waals surface area contributed by atoms with Gasteiger partial charge in [-0.15, -0.1) is 0 Å². The molecule has 0 aliphatic carbocycles. The highest BCUT2D eigenvalue weighted by molar-refractivity contribution is 6.31. The van der Waals surface area contributed by atoms with Gasteiger partial charge in [0, 0.05) is 17.2 Å². The second kappa shape index (κ2) is 6.91. The molecule has 2 rings (SSSR count). The van der Waals surface area contributed by atoms with Gasteiger partial charge in [-0.1, -0.05) is 11.6 Å². The Labute approximate surface area is 131 Å². The number of hydrogen-bond acceptors (Lipinski definition) is 5. The smallest absolute Gasteiger partial charge is 0.349 e. The zero-order valence-corrected chi connectivity index (χ0v) is 12.4. The van der Waals surface area contributed by atoms with Crippen molar-refractivity contribution in [2.24, 2.45) is 0 Å². The molecule has 0 N–H and O–H groups in total. The number of nitrogens with zero attached hydrogens (tertiary/aromatic N) is 1. The molecule has 7 heteroatoms. The van der Waals surface area contributed by atoms with Gasteiger partial charge in [0.1, 0.15) is 11.5 Å². The molecule has 0 amide bonds. The van der Waals surface area contributed by atoms with Crippen LogP contribution in [0.4, 0.5) is 5.69 Å². The summed E-state index contributed by atoms with van der Waals surface area (Å²) >= 11 is 5.88. The minimum absolute atomic E-state index is 0.0495. The Kier molecular flexibility index (Phi) is 4.95. The van der Waals surface area contributed by atoms with Gasteiger partial charge >= 0.3 is 5.97 Å². The average molecular weight is 322 g/mol. The first-order chi connectivity index (χ1) is 10.5. The van der Waals surface area contributed by atoms with E-state index in [2.05, 4.69) is 0 Å². The van der Waals surface area contributed by atoms with Gasteiger partial charge in [-0.3, -0.25) is 10.1 Å². The fraction of sp³-hybridized carbons (Fsp3) is 0.133. The largest absolute Gasteiger partial charge is 0.482 e. The molecule has 0 saturated heterocycles. The van der Waals surface area contributed by atoms with Crippen molar-refractivity contribution >= 4 is 23.3 Å². The fourth-order valence-electron chi connectivity index (χ4n) is 1.65. The Morgan fingerprint density at radius 1 is 1.18 bits per heavy atom. The van der Waals surface area contributed by atoms with Crippen LogP contribution < -0.4 is 9.47 Å². The molecule has 114 valence electrons. The predicted molar refractivity (Wildman–Crippen MR) is 80.4 cm³/mol. The Morgan fingerprint density at radius 3 is 2.41 bits per heavy atom. The molecule has 0 heterocycles. The van der Waals surface area contributed by atoms with Crippen molar-refractivity contribution in [2.45, 2.75) is 6.92 Å². The lowest BCUT2D eigenvalue weighted by Gasteiger charge is -2.07. The van der Waals surface area contributed by atoms with Gasteiger partial charge in [0.05, 0.1) is 4.92 Å². The van der Waals surface area contributed by atoms with E-state index in [9.17, 15) is 14.9 Å².